The van der Waals surface area contributed by atoms with Crippen molar-refractivity contribution in [3.63, 3.8) is 0 Å². The molecule has 7 aromatic carbocycles. The molecule has 3 nitrogen and oxygen atoms in total. The first kappa shape index (κ1) is 25.4. The second-order valence-corrected chi connectivity index (χ2v) is 11.4. The first-order valence-corrected chi connectivity index (χ1v) is 15.2. The number of aromatic nitrogens is 2. The molecule has 0 saturated heterocycles. The summed E-state index contributed by atoms with van der Waals surface area (Å²) in [6.07, 6.45) is 0. The molecule has 0 aliphatic carbocycles. The molecule has 0 fully saturated rings. The molecule has 2 heterocycles. The van der Waals surface area contributed by atoms with Crippen LogP contribution >= 0.6 is 0 Å². The van der Waals surface area contributed by atoms with E-state index in [0.29, 0.717) is 5.82 Å². The van der Waals surface area contributed by atoms with Crippen LogP contribution in [0.4, 0.5) is 0 Å². The molecule has 3 heteroatoms. The highest BCUT2D eigenvalue weighted by molar-refractivity contribution is 6.18. The van der Waals surface area contributed by atoms with Crippen LogP contribution in [0.5, 0.6) is 0 Å². The molecule has 0 spiro atoms. The van der Waals surface area contributed by atoms with E-state index in [1.807, 2.05) is 18.2 Å². The zero-order chi connectivity index (χ0) is 29.7. The lowest BCUT2D eigenvalue weighted by atomic mass is 9.98. The van der Waals surface area contributed by atoms with E-state index in [1.54, 1.807) is 0 Å². The number of hydrogen-bond donors (Lipinski definition) is 0. The fourth-order valence-corrected chi connectivity index (χ4v) is 6.51. The van der Waals surface area contributed by atoms with Crippen molar-refractivity contribution < 1.29 is 4.42 Å². The van der Waals surface area contributed by atoms with E-state index >= 15 is 0 Å². The fraction of sp³-hybridized carbons (Fsp3) is 0. The third-order valence-electron chi connectivity index (χ3n) is 8.71. The maximum absolute atomic E-state index is 6.51. The van der Waals surface area contributed by atoms with Crippen LogP contribution in [0.2, 0.25) is 0 Å². The molecule has 0 unspecified atom stereocenters. The van der Waals surface area contributed by atoms with Crippen molar-refractivity contribution in [3.8, 4) is 45.0 Å². The quantitative estimate of drug-likeness (QED) is 0.210. The van der Waals surface area contributed by atoms with Gasteiger partial charge in [0.05, 0.1) is 11.4 Å². The molecule has 45 heavy (non-hydrogen) atoms. The Balaban J connectivity index is 1.29. The van der Waals surface area contributed by atoms with E-state index in [1.165, 1.54) is 16.5 Å². The van der Waals surface area contributed by atoms with Gasteiger partial charge in [0.15, 0.2) is 5.82 Å². The molecule has 0 aliphatic heterocycles. The molecular weight excluding hydrogens is 548 g/mol. The van der Waals surface area contributed by atoms with Gasteiger partial charge in [-0.3, -0.25) is 0 Å². The normalized spacial score (nSPS) is 11.6. The minimum atomic E-state index is 0.670. The lowest BCUT2D eigenvalue weighted by molar-refractivity contribution is 0.672. The summed E-state index contributed by atoms with van der Waals surface area (Å²) < 4.78 is 6.51. The van der Waals surface area contributed by atoms with E-state index in [2.05, 4.69) is 140 Å². The Morgan fingerprint density at radius 1 is 0.400 bits per heavy atom. The number of rotatable bonds is 4. The zero-order valence-electron chi connectivity index (χ0n) is 24.3. The average molecular weight is 575 g/mol. The van der Waals surface area contributed by atoms with Crippen molar-refractivity contribution in [2.75, 3.05) is 0 Å². The summed E-state index contributed by atoms with van der Waals surface area (Å²) in [6, 6.07) is 54.9. The number of furan rings is 1. The highest BCUT2D eigenvalue weighted by atomic mass is 16.3. The van der Waals surface area contributed by atoms with Gasteiger partial charge in [0.2, 0.25) is 0 Å². The predicted octanol–water partition coefficient (Wildman–Crippen LogP) is 11.4. The summed E-state index contributed by atoms with van der Waals surface area (Å²) >= 11 is 0. The second kappa shape index (κ2) is 10.3. The molecule has 0 radical (unpaired) electrons. The van der Waals surface area contributed by atoms with Crippen LogP contribution in [0.25, 0.3) is 88.5 Å². The average Bonchev–Trinajstić information content (AvgIpc) is 3.51. The smallest absolute Gasteiger partial charge is 0.161 e. The van der Waals surface area contributed by atoms with E-state index in [-0.39, 0.29) is 0 Å². The summed E-state index contributed by atoms with van der Waals surface area (Å²) in [6.45, 7) is 0. The first-order valence-electron chi connectivity index (χ1n) is 15.2. The molecule has 2 aromatic heterocycles. The van der Waals surface area contributed by atoms with Crippen LogP contribution in [0, 0.1) is 0 Å². The van der Waals surface area contributed by atoms with Crippen LogP contribution in [-0.2, 0) is 0 Å². The largest absolute Gasteiger partial charge is 0.455 e. The number of nitrogens with zero attached hydrogens (tertiary/aromatic N) is 2. The van der Waals surface area contributed by atoms with Gasteiger partial charge in [-0.25, -0.2) is 9.97 Å². The highest BCUT2D eigenvalue weighted by Gasteiger charge is 2.18. The van der Waals surface area contributed by atoms with Crippen molar-refractivity contribution in [2.24, 2.45) is 0 Å². The van der Waals surface area contributed by atoms with E-state index in [0.717, 1.165) is 66.2 Å². The van der Waals surface area contributed by atoms with Gasteiger partial charge in [0.1, 0.15) is 11.2 Å². The maximum atomic E-state index is 6.51. The predicted molar refractivity (Wildman–Crippen MR) is 186 cm³/mol. The molecule has 210 valence electrons. The zero-order valence-corrected chi connectivity index (χ0v) is 24.3. The van der Waals surface area contributed by atoms with E-state index in [4.69, 9.17) is 14.4 Å². The molecule has 0 saturated carbocycles. The van der Waals surface area contributed by atoms with E-state index < -0.39 is 0 Å². The Bertz CT molecular complexity index is 2520. The van der Waals surface area contributed by atoms with Crippen LogP contribution in [0.1, 0.15) is 0 Å². The van der Waals surface area contributed by atoms with Crippen molar-refractivity contribution in [1.82, 2.24) is 9.97 Å². The molecule has 0 N–H and O–H groups in total. The molecule has 0 amide bonds. The van der Waals surface area contributed by atoms with Gasteiger partial charge < -0.3 is 4.42 Å². The summed E-state index contributed by atoms with van der Waals surface area (Å²) in [7, 11) is 0. The first-order chi connectivity index (χ1) is 22.3. The molecule has 9 rings (SSSR count). The Kier molecular flexibility index (Phi) is 5.82. The standard InChI is InChI=1S/C42H26N2O/c1-2-10-27(11-3-1)28-20-22-31(23-21-28)37-26-38(34-17-8-14-29-12-4-6-15-32(29)34)44-42(43-37)36-18-9-19-39-40(36)35-25-24-30-13-5-7-16-33(30)41(35)45-39/h1-26H. The van der Waals surface area contributed by atoms with Gasteiger partial charge in [-0.2, -0.15) is 0 Å². The van der Waals surface area contributed by atoms with Crippen molar-refractivity contribution >= 4 is 43.5 Å². The third kappa shape index (κ3) is 4.29. The third-order valence-corrected chi connectivity index (χ3v) is 8.71. The number of fused-ring (bicyclic) bond motifs is 6. The summed E-state index contributed by atoms with van der Waals surface area (Å²) in [5.74, 6) is 0.670. The second-order valence-electron chi connectivity index (χ2n) is 11.4. The molecule has 0 atom stereocenters. The summed E-state index contributed by atoms with van der Waals surface area (Å²) in [4.78, 5) is 10.5. The molecule has 0 aliphatic rings. The lowest BCUT2D eigenvalue weighted by Gasteiger charge is -2.12. The summed E-state index contributed by atoms with van der Waals surface area (Å²) in [5, 5.41) is 6.68. The van der Waals surface area contributed by atoms with Gasteiger partial charge in [0.25, 0.3) is 0 Å². The van der Waals surface area contributed by atoms with Gasteiger partial charge in [0, 0.05) is 32.8 Å². The fourth-order valence-electron chi connectivity index (χ4n) is 6.51. The van der Waals surface area contributed by atoms with Gasteiger partial charge >= 0.3 is 0 Å². The van der Waals surface area contributed by atoms with E-state index in [9.17, 15) is 0 Å². The van der Waals surface area contributed by atoms with Crippen LogP contribution in [0.3, 0.4) is 0 Å². The Hall–Kier alpha value is -6.06. The van der Waals surface area contributed by atoms with Crippen LogP contribution < -0.4 is 0 Å². The number of hydrogen-bond acceptors (Lipinski definition) is 3. The molecule has 0 bridgehead atoms. The van der Waals surface area contributed by atoms with Crippen molar-refractivity contribution in [1.29, 1.82) is 0 Å². The Morgan fingerprint density at radius 2 is 1.02 bits per heavy atom. The minimum absolute atomic E-state index is 0.670. The monoisotopic (exact) mass is 574 g/mol. The van der Waals surface area contributed by atoms with Gasteiger partial charge in [-0.15, -0.1) is 0 Å². The molecular formula is C42H26N2O. The SMILES string of the molecule is c1ccc(-c2ccc(-c3cc(-c4cccc5ccccc45)nc(-c4cccc5oc6c7ccccc7ccc6c45)n3)cc2)cc1. The topological polar surface area (TPSA) is 38.9 Å². The van der Waals surface area contributed by atoms with Gasteiger partial charge in [-0.1, -0.05) is 140 Å². The Labute approximate surface area is 260 Å². The number of benzene rings is 7. The van der Waals surface area contributed by atoms with Crippen LogP contribution in [0.15, 0.2) is 162 Å². The Morgan fingerprint density at radius 3 is 1.87 bits per heavy atom. The summed E-state index contributed by atoms with van der Waals surface area (Å²) in [5.41, 5.74) is 8.89. The van der Waals surface area contributed by atoms with Gasteiger partial charge in [-0.05, 0) is 45.5 Å². The van der Waals surface area contributed by atoms with Crippen molar-refractivity contribution in [3.05, 3.63) is 158 Å². The van der Waals surface area contributed by atoms with Crippen LogP contribution in [-0.4, -0.2) is 9.97 Å². The minimum Gasteiger partial charge on any atom is -0.455 e. The maximum Gasteiger partial charge on any atom is 0.161 e. The molecule has 9 aromatic rings. The van der Waals surface area contributed by atoms with Crippen molar-refractivity contribution in [2.45, 2.75) is 0 Å². The highest BCUT2D eigenvalue weighted by Crippen LogP contribution is 2.40. The lowest BCUT2D eigenvalue weighted by Crippen LogP contribution is -1.97.